The maximum absolute atomic E-state index is 6.19. The standard InChI is InChI=1S/C14H13Cl3N2/c15-10-3-1-9(2-4-10)7-14(19-18)12-6-5-11(16)8-13(12)17/h1-6,8,14,19H,7,18H2. The second-order valence-electron chi connectivity index (χ2n) is 4.22. The topological polar surface area (TPSA) is 38.0 Å². The van der Waals surface area contributed by atoms with Gasteiger partial charge in [0.1, 0.15) is 0 Å². The molecule has 2 nitrogen and oxygen atoms in total. The number of hydrogen-bond donors (Lipinski definition) is 2. The maximum atomic E-state index is 6.19. The summed E-state index contributed by atoms with van der Waals surface area (Å²) in [5.74, 6) is 5.62. The van der Waals surface area contributed by atoms with E-state index < -0.39 is 0 Å². The lowest BCUT2D eigenvalue weighted by Crippen LogP contribution is -2.29. The molecule has 0 saturated carbocycles. The van der Waals surface area contributed by atoms with Gasteiger partial charge in [-0.05, 0) is 41.8 Å². The molecule has 19 heavy (non-hydrogen) atoms. The van der Waals surface area contributed by atoms with Crippen LogP contribution in [-0.4, -0.2) is 0 Å². The van der Waals surface area contributed by atoms with Crippen LogP contribution in [0.25, 0.3) is 0 Å². The molecule has 100 valence electrons. The van der Waals surface area contributed by atoms with Gasteiger partial charge in [0.25, 0.3) is 0 Å². The third kappa shape index (κ3) is 3.85. The molecule has 0 aliphatic rings. The number of halogens is 3. The van der Waals surface area contributed by atoms with E-state index in [1.165, 1.54) is 0 Å². The Bertz CT molecular complexity index is 555. The van der Waals surface area contributed by atoms with Crippen LogP contribution in [-0.2, 0) is 6.42 Å². The van der Waals surface area contributed by atoms with Gasteiger partial charge in [-0.3, -0.25) is 11.3 Å². The van der Waals surface area contributed by atoms with Crippen molar-refractivity contribution in [3.63, 3.8) is 0 Å². The van der Waals surface area contributed by atoms with Crippen molar-refractivity contribution in [2.24, 2.45) is 5.84 Å². The summed E-state index contributed by atoms with van der Waals surface area (Å²) in [6.07, 6.45) is 0.717. The first-order valence-electron chi connectivity index (χ1n) is 5.75. The van der Waals surface area contributed by atoms with Crippen LogP contribution >= 0.6 is 34.8 Å². The highest BCUT2D eigenvalue weighted by molar-refractivity contribution is 6.35. The van der Waals surface area contributed by atoms with Crippen LogP contribution in [0.4, 0.5) is 0 Å². The van der Waals surface area contributed by atoms with E-state index >= 15 is 0 Å². The van der Waals surface area contributed by atoms with Gasteiger partial charge in [0, 0.05) is 15.1 Å². The predicted molar refractivity (Wildman–Crippen MR) is 81.7 cm³/mol. The van der Waals surface area contributed by atoms with Crippen LogP contribution in [0.15, 0.2) is 42.5 Å². The Morgan fingerprint density at radius 1 is 0.947 bits per heavy atom. The highest BCUT2D eigenvalue weighted by atomic mass is 35.5. The van der Waals surface area contributed by atoms with E-state index in [0.717, 1.165) is 17.5 Å². The van der Waals surface area contributed by atoms with Crippen LogP contribution in [0.5, 0.6) is 0 Å². The summed E-state index contributed by atoms with van der Waals surface area (Å²) in [5.41, 5.74) is 4.82. The second-order valence-corrected chi connectivity index (χ2v) is 5.50. The fraction of sp³-hybridized carbons (Fsp3) is 0.143. The fourth-order valence-corrected chi connectivity index (χ4v) is 2.57. The van der Waals surface area contributed by atoms with Gasteiger partial charge in [-0.1, -0.05) is 53.0 Å². The summed E-state index contributed by atoms with van der Waals surface area (Å²) >= 11 is 18.0. The first-order chi connectivity index (χ1) is 9.10. The molecule has 0 aliphatic carbocycles. The number of hydrogen-bond acceptors (Lipinski definition) is 2. The summed E-state index contributed by atoms with van der Waals surface area (Å²) < 4.78 is 0. The van der Waals surface area contributed by atoms with Gasteiger partial charge in [0.15, 0.2) is 0 Å². The molecular weight excluding hydrogens is 303 g/mol. The van der Waals surface area contributed by atoms with E-state index in [9.17, 15) is 0 Å². The molecule has 2 aromatic carbocycles. The third-order valence-electron chi connectivity index (χ3n) is 2.89. The zero-order valence-corrected chi connectivity index (χ0v) is 12.3. The molecule has 0 radical (unpaired) electrons. The second kappa shape index (κ2) is 6.60. The van der Waals surface area contributed by atoms with Crippen molar-refractivity contribution in [1.29, 1.82) is 0 Å². The lowest BCUT2D eigenvalue weighted by molar-refractivity contribution is 0.552. The van der Waals surface area contributed by atoms with Crippen molar-refractivity contribution in [1.82, 2.24) is 5.43 Å². The highest BCUT2D eigenvalue weighted by Crippen LogP contribution is 2.28. The summed E-state index contributed by atoms with van der Waals surface area (Å²) in [7, 11) is 0. The van der Waals surface area contributed by atoms with Crippen LogP contribution in [0.2, 0.25) is 15.1 Å². The molecule has 0 aromatic heterocycles. The van der Waals surface area contributed by atoms with E-state index in [4.69, 9.17) is 40.6 Å². The average molecular weight is 316 g/mol. The minimum absolute atomic E-state index is 0.0778. The molecular formula is C14H13Cl3N2. The lowest BCUT2D eigenvalue weighted by atomic mass is 9.99. The van der Waals surface area contributed by atoms with Crippen LogP contribution in [0, 0.1) is 0 Å². The summed E-state index contributed by atoms with van der Waals surface area (Å²) in [4.78, 5) is 0. The highest BCUT2D eigenvalue weighted by Gasteiger charge is 2.14. The molecule has 0 aliphatic heterocycles. The zero-order valence-electron chi connectivity index (χ0n) is 10.0. The van der Waals surface area contributed by atoms with Gasteiger partial charge >= 0.3 is 0 Å². The van der Waals surface area contributed by atoms with Gasteiger partial charge in [0.05, 0.1) is 6.04 Å². The van der Waals surface area contributed by atoms with Crippen molar-refractivity contribution >= 4 is 34.8 Å². The molecule has 1 unspecified atom stereocenters. The number of benzene rings is 2. The minimum Gasteiger partial charge on any atom is -0.271 e. The third-order valence-corrected chi connectivity index (χ3v) is 3.71. The number of rotatable bonds is 4. The largest absolute Gasteiger partial charge is 0.271 e. The summed E-state index contributed by atoms with van der Waals surface area (Å²) in [5, 5.41) is 1.92. The SMILES string of the molecule is NNC(Cc1ccc(Cl)cc1)c1ccc(Cl)cc1Cl. The number of nitrogens with one attached hydrogen (secondary N) is 1. The van der Waals surface area contributed by atoms with Gasteiger partial charge < -0.3 is 0 Å². The Hall–Kier alpha value is -0.770. The van der Waals surface area contributed by atoms with Crippen molar-refractivity contribution in [3.8, 4) is 0 Å². The molecule has 5 heteroatoms. The molecule has 2 aromatic rings. The summed E-state index contributed by atoms with van der Waals surface area (Å²) in [6, 6.07) is 13.0. The first kappa shape index (κ1) is 14.6. The normalized spacial score (nSPS) is 12.4. The average Bonchev–Trinajstić information content (AvgIpc) is 2.39. The van der Waals surface area contributed by atoms with E-state index in [1.54, 1.807) is 12.1 Å². The number of hydrazine groups is 1. The molecule has 0 heterocycles. The zero-order chi connectivity index (χ0) is 13.8. The Labute approximate surface area is 127 Å². The molecule has 2 rings (SSSR count). The summed E-state index contributed by atoms with van der Waals surface area (Å²) in [6.45, 7) is 0. The van der Waals surface area contributed by atoms with Gasteiger partial charge in [-0.2, -0.15) is 0 Å². The van der Waals surface area contributed by atoms with E-state index in [1.807, 2.05) is 30.3 Å². The van der Waals surface area contributed by atoms with Crippen molar-refractivity contribution in [2.45, 2.75) is 12.5 Å². The first-order valence-corrected chi connectivity index (χ1v) is 6.89. The maximum Gasteiger partial charge on any atom is 0.0515 e. The molecule has 0 amide bonds. The van der Waals surface area contributed by atoms with Crippen molar-refractivity contribution < 1.29 is 0 Å². The molecule has 0 fully saturated rings. The van der Waals surface area contributed by atoms with Crippen LogP contribution in [0.3, 0.4) is 0 Å². The van der Waals surface area contributed by atoms with Crippen molar-refractivity contribution in [2.75, 3.05) is 0 Å². The molecule has 3 N–H and O–H groups in total. The van der Waals surface area contributed by atoms with E-state index in [0.29, 0.717) is 15.1 Å². The van der Waals surface area contributed by atoms with Gasteiger partial charge in [-0.25, -0.2) is 0 Å². The predicted octanol–water partition coefficient (Wildman–Crippen LogP) is 4.39. The molecule has 0 saturated heterocycles. The Morgan fingerprint density at radius 2 is 1.58 bits per heavy atom. The van der Waals surface area contributed by atoms with Crippen LogP contribution in [0.1, 0.15) is 17.2 Å². The molecule has 0 bridgehead atoms. The van der Waals surface area contributed by atoms with Crippen LogP contribution < -0.4 is 11.3 Å². The van der Waals surface area contributed by atoms with E-state index in [2.05, 4.69) is 5.43 Å². The number of nitrogens with two attached hydrogens (primary N) is 1. The van der Waals surface area contributed by atoms with Gasteiger partial charge in [-0.15, -0.1) is 0 Å². The minimum atomic E-state index is -0.0778. The lowest BCUT2D eigenvalue weighted by Gasteiger charge is -2.18. The van der Waals surface area contributed by atoms with E-state index in [-0.39, 0.29) is 6.04 Å². The van der Waals surface area contributed by atoms with Crippen molar-refractivity contribution in [3.05, 3.63) is 68.7 Å². The Morgan fingerprint density at radius 3 is 2.16 bits per heavy atom. The quantitative estimate of drug-likeness (QED) is 0.648. The smallest absolute Gasteiger partial charge is 0.0515 e. The molecule has 1 atom stereocenters. The Kier molecular flexibility index (Phi) is 5.08. The Balaban J connectivity index is 2.22. The monoisotopic (exact) mass is 314 g/mol. The van der Waals surface area contributed by atoms with Gasteiger partial charge in [0.2, 0.25) is 0 Å². The fourth-order valence-electron chi connectivity index (χ4n) is 1.90. The molecule has 0 spiro atoms.